The number of carboxylic acids is 1. The van der Waals surface area contributed by atoms with E-state index in [0.717, 1.165) is 26.1 Å². The second-order valence-electron chi connectivity index (χ2n) is 2.59. The minimum Gasteiger partial charge on any atom is -0.478 e. The average Bonchev–Trinajstić information content (AvgIpc) is 2.05. The van der Waals surface area contributed by atoms with Gasteiger partial charge in [0.05, 0.1) is 0 Å². The van der Waals surface area contributed by atoms with E-state index >= 15 is 0 Å². The van der Waals surface area contributed by atoms with Crippen molar-refractivity contribution >= 4 is 17.7 Å². The topological polar surface area (TPSA) is 46.5 Å². The molecule has 4 heteroatoms. The van der Waals surface area contributed by atoms with Gasteiger partial charge in [0.15, 0.2) is 0 Å². The van der Waals surface area contributed by atoms with Crippen LogP contribution in [0.2, 0.25) is 0 Å². The quantitative estimate of drug-likeness (QED) is 0.682. The van der Waals surface area contributed by atoms with E-state index in [1.54, 1.807) is 17.2 Å². The molecule has 0 bridgehead atoms. The van der Waals surface area contributed by atoms with Gasteiger partial charge in [-0.15, -0.1) is 11.8 Å². The molecule has 3 nitrogen and oxygen atoms in total. The van der Waals surface area contributed by atoms with Crippen LogP contribution in [0.4, 0.5) is 0 Å². The third-order valence-corrected chi connectivity index (χ3v) is 2.80. The van der Waals surface area contributed by atoms with Crippen LogP contribution in [0.15, 0.2) is 11.5 Å². The summed E-state index contributed by atoms with van der Waals surface area (Å²) in [7, 11) is 0. The van der Waals surface area contributed by atoms with Gasteiger partial charge in [0, 0.05) is 24.5 Å². The van der Waals surface area contributed by atoms with E-state index in [1.165, 1.54) is 6.08 Å². The highest BCUT2D eigenvalue weighted by molar-refractivity contribution is 8.02. The summed E-state index contributed by atoms with van der Waals surface area (Å²) in [5.41, 5.74) is 0. The Bertz CT molecular complexity index is 173. The van der Waals surface area contributed by atoms with Gasteiger partial charge in [-0.25, -0.2) is 4.79 Å². The molecule has 0 amide bonds. The average molecular weight is 188 g/mol. The monoisotopic (exact) mass is 188 g/mol. The molecule has 1 fully saturated rings. The van der Waals surface area contributed by atoms with Crippen molar-refractivity contribution in [3.63, 3.8) is 0 Å². The molecule has 68 valence electrons. The number of thioether (sulfide) groups is 1. The number of carboxylic acid groups (broad SMARTS) is 1. The van der Waals surface area contributed by atoms with E-state index in [4.69, 9.17) is 9.84 Å². The third-order valence-electron chi connectivity index (χ3n) is 1.65. The molecule has 1 aliphatic heterocycles. The fraction of sp³-hybridized carbons (Fsp3) is 0.625. The maximum absolute atomic E-state index is 10.1. The van der Waals surface area contributed by atoms with Crippen LogP contribution in [0, 0.1) is 0 Å². The van der Waals surface area contributed by atoms with Gasteiger partial charge < -0.3 is 9.84 Å². The third kappa shape index (κ3) is 3.78. The molecular formula is C8H12O3S. The Morgan fingerprint density at radius 2 is 2.17 bits per heavy atom. The Labute approximate surface area is 75.8 Å². The lowest BCUT2D eigenvalue weighted by atomic mass is 10.2. The molecule has 0 aromatic carbocycles. The molecule has 0 spiro atoms. The number of hydrogen-bond donors (Lipinski definition) is 1. The van der Waals surface area contributed by atoms with Gasteiger partial charge >= 0.3 is 5.97 Å². The van der Waals surface area contributed by atoms with Gasteiger partial charge in [-0.1, -0.05) is 0 Å². The van der Waals surface area contributed by atoms with Crippen LogP contribution >= 0.6 is 11.8 Å². The summed E-state index contributed by atoms with van der Waals surface area (Å²) in [5, 5.41) is 10.5. The summed E-state index contributed by atoms with van der Waals surface area (Å²) in [6.45, 7) is 1.61. The summed E-state index contributed by atoms with van der Waals surface area (Å²) in [6, 6.07) is 0. The molecule has 1 N–H and O–H groups in total. The van der Waals surface area contributed by atoms with Crippen molar-refractivity contribution in [2.75, 3.05) is 13.2 Å². The van der Waals surface area contributed by atoms with Crippen molar-refractivity contribution in [3.05, 3.63) is 11.5 Å². The maximum atomic E-state index is 10.1. The van der Waals surface area contributed by atoms with Crippen molar-refractivity contribution in [1.82, 2.24) is 0 Å². The van der Waals surface area contributed by atoms with Crippen molar-refractivity contribution in [2.24, 2.45) is 0 Å². The van der Waals surface area contributed by atoms with Crippen LogP contribution in [0.5, 0.6) is 0 Å². The number of ether oxygens (including phenoxy) is 1. The highest BCUT2D eigenvalue weighted by atomic mass is 32.2. The molecule has 0 aromatic rings. The molecular weight excluding hydrogens is 176 g/mol. The summed E-state index contributed by atoms with van der Waals surface area (Å²) >= 11 is 1.58. The zero-order chi connectivity index (χ0) is 8.81. The summed E-state index contributed by atoms with van der Waals surface area (Å²) in [5.74, 6) is -0.880. The first kappa shape index (κ1) is 9.61. The van der Waals surface area contributed by atoms with Gasteiger partial charge in [-0.05, 0) is 18.2 Å². The van der Waals surface area contributed by atoms with Crippen molar-refractivity contribution in [3.8, 4) is 0 Å². The van der Waals surface area contributed by atoms with Crippen molar-refractivity contribution in [1.29, 1.82) is 0 Å². The fourth-order valence-corrected chi connectivity index (χ4v) is 1.90. The van der Waals surface area contributed by atoms with Gasteiger partial charge in [0.2, 0.25) is 0 Å². The van der Waals surface area contributed by atoms with Gasteiger partial charge in [-0.2, -0.15) is 0 Å². The Hall–Kier alpha value is -0.480. The molecule has 12 heavy (non-hydrogen) atoms. The molecule has 1 aliphatic rings. The molecule has 0 unspecified atom stereocenters. The fourth-order valence-electron chi connectivity index (χ4n) is 1.02. The molecule has 1 heterocycles. The molecule has 1 saturated heterocycles. The number of carbonyl (C=O) groups is 1. The van der Waals surface area contributed by atoms with Crippen LogP contribution in [0.1, 0.15) is 12.8 Å². The molecule has 0 saturated carbocycles. The summed E-state index contributed by atoms with van der Waals surface area (Å²) in [4.78, 5) is 10.1. The van der Waals surface area contributed by atoms with Gasteiger partial charge in [0.25, 0.3) is 0 Å². The normalized spacial score (nSPS) is 20.0. The first-order chi connectivity index (χ1) is 5.79. The zero-order valence-electron chi connectivity index (χ0n) is 6.73. The van der Waals surface area contributed by atoms with E-state index in [2.05, 4.69) is 0 Å². The zero-order valence-corrected chi connectivity index (χ0v) is 7.55. The van der Waals surface area contributed by atoms with Crippen molar-refractivity contribution in [2.45, 2.75) is 18.1 Å². The Balaban J connectivity index is 2.17. The number of aliphatic carboxylic acids is 1. The molecule has 1 rings (SSSR count). The molecule has 0 aromatic heterocycles. The SMILES string of the molecule is O=C(O)C=CSC1CCOCC1. The largest absolute Gasteiger partial charge is 0.478 e. The lowest BCUT2D eigenvalue weighted by Gasteiger charge is -2.19. The molecule has 0 aliphatic carbocycles. The van der Waals surface area contributed by atoms with E-state index in [1.807, 2.05) is 0 Å². The predicted octanol–water partition coefficient (Wildman–Crippen LogP) is 1.50. The highest BCUT2D eigenvalue weighted by Gasteiger charge is 2.12. The Morgan fingerprint density at radius 1 is 1.50 bits per heavy atom. The highest BCUT2D eigenvalue weighted by Crippen LogP contribution is 2.22. The predicted molar refractivity (Wildman–Crippen MR) is 48.2 cm³/mol. The first-order valence-corrected chi connectivity index (χ1v) is 4.86. The van der Waals surface area contributed by atoms with Crippen LogP contribution in [0.3, 0.4) is 0 Å². The molecule has 0 atom stereocenters. The van der Waals surface area contributed by atoms with Gasteiger partial charge in [0.1, 0.15) is 0 Å². The van der Waals surface area contributed by atoms with E-state index in [-0.39, 0.29) is 0 Å². The number of rotatable bonds is 3. The van der Waals surface area contributed by atoms with Crippen LogP contribution in [0.25, 0.3) is 0 Å². The van der Waals surface area contributed by atoms with E-state index in [9.17, 15) is 4.79 Å². The smallest absolute Gasteiger partial charge is 0.328 e. The Morgan fingerprint density at radius 3 is 2.75 bits per heavy atom. The lowest BCUT2D eigenvalue weighted by molar-refractivity contribution is -0.131. The molecule has 0 radical (unpaired) electrons. The summed E-state index contributed by atoms with van der Waals surface area (Å²) in [6.07, 6.45) is 3.23. The van der Waals surface area contributed by atoms with Crippen LogP contribution in [-0.2, 0) is 9.53 Å². The van der Waals surface area contributed by atoms with E-state index in [0.29, 0.717) is 5.25 Å². The van der Waals surface area contributed by atoms with Gasteiger partial charge in [-0.3, -0.25) is 0 Å². The van der Waals surface area contributed by atoms with Crippen LogP contribution in [-0.4, -0.2) is 29.5 Å². The van der Waals surface area contributed by atoms with Crippen molar-refractivity contribution < 1.29 is 14.6 Å². The standard InChI is InChI=1S/C8H12O3S/c9-8(10)3-6-12-7-1-4-11-5-2-7/h3,6-7H,1-2,4-5H2,(H,9,10). The Kier molecular flexibility index (Phi) is 4.18. The minimum atomic E-state index is -0.880. The van der Waals surface area contributed by atoms with E-state index < -0.39 is 5.97 Å². The first-order valence-electron chi connectivity index (χ1n) is 3.91. The minimum absolute atomic E-state index is 0.536. The maximum Gasteiger partial charge on any atom is 0.328 e. The lowest BCUT2D eigenvalue weighted by Crippen LogP contribution is -2.16. The second kappa shape index (κ2) is 5.22. The second-order valence-corrected chi connectivity index (χ2v) is 3.80. The number of hydrogen-bond acceptors (Lipinski definition) is 3. The van der Waals surface area contributed by atoms with Crippen LogP contribution < -0.4 is 0 Å². The summed E-state index contributed by atoms with van der Waals surface area (Å²) < 4.78 is 5.17.